The summed E-state index contributed by atoms with van der Waals surface area (Å²) in [7, 11) is 1.91. The highest BCUT2D eigenvalue weighted by Gasteiger charge is 2.28. The Kier molecular flexibility index (Phi) is 4.19. The Bertz CT molecular complexity index is 851. The van der Waals surface area contributed by atoms with Crippen LogP contribution in [0.1, 0.15) is 58.8 Å². The lowest BCUT2D eigenvalue weighted by molar-refractivity contribution is 0.0705. The molecule has 2 aromatic rings. The maximum atomic E-state index is 13.2. The largest absolute Gasteiger partial charge is 0.338 e. The number of hydrogen-bond donors (Lipinski definition) is 1. The minimum atomic E-state index is -0.162. The van der Waals surface area contributed by atoms with E-state index in [0.29, 0.717) is 18.0 Å². The predicted octanol–water partition coefficient (Wildman–Crippen LogP) is 2.01. The molecule has 6 nitrogen and oxygen atoms in total. The lowest BCUT2D eigenvalue weighted by atomic mass is 9.90. The normalized spacial score (nSPS) is 20.4. The van der Waals surface area contributed by atoms with Crippen LogP contribution in [-0.2, 0) is 19.9 Å². The molecule has 3 heterocycles. The highest BCUT2D eigenvalue weighted by molar-refractivity contribution is 5.96. The van der Waals surface area contributed by atoms with Crippen LogP contribution >= 0.6 is 0 Å². The maximum Gasteiger partial charge on any atom is 0.254 e. The molecule has 1 aliphatic carbocycles. The lowest BCUT2D eigenvalue weighted by Crippen LogP contribution is -2.40. The summed E-state index contributed by atoms with van der Waals surface area (Å²) in [5.74, 6) is 0.335. The van der Waals surface area contributed by atoms with Crippen molar-refractivity contribution in [2.24, 2.45) is 7.05 Å². The van der Waals surface area contributed by atoms with Crippen LogP contribution in [-0.4, -0.2) is 38.7 Å². The highest BCUT2D eigenvalue weighted by Crippen LogP contribution is 2.29. The fourth-order valence-electron chi connectivity index (χ4n) is 4.19. The first kappa shape index (κ1) is 16.1. The molecule has 1 fully saturated rings. The van der Waals surface area contributed by atoms with Gasteiger partial charge in [-0.2, -0.15) is 5.10 Å². The number of pyridine rings is 1. The number of hydrogen-bond acceptors (Lipinski definition) is 3. The maximum absolute atomic E-state index is 13.2. The molecule has 132 valence electrons. The Balaban J connectivity index is 1.60. The first-order chi connectivity index (χ1) is 12.1. The summed E-state index contributed by atoms with van der Waals surface area (Å²) in [4.78, 5) is 30.0. The number of aromatic amines is 1. The Morgan fingerprint density at radius 1 is 1.28 bits per heavy atom. The first-order valence-electron chi connectivity index (χ1n) is 9.14. The second-order valence-corrected chi connectivity index (χ2v) is 7.25. The second kappa shape index (κ2) is 6.50. The summed E-state index contributed by atoms with van der Waals surface area (Å²) in [6.45, 7) is 1.46. The zero-order chi connectivity index (χ0) is 17.4. The van der Waals surface area contributed by atoms with Crippen LogP contribution < -0.4 is 5.56 Å². The fourth-order valence-corrected chi connectivity index (χ4v) is 4.19. The molecular weight excluding hydrogens is 316 g/mol. The summed E-state index contributed by atoms with van der Waals surface area (Å²) in [5.41, 5.74) is 3.66. The number of piperidine rings is 1. The van der Waals surface area contributed by atoms with Gasteiger partial charge in [-0.1, -0.05) is 0 Å². The molecule has 6 heteroatoms. The average molecular weight is 340 g/mol. The van der Waals surface area contributed by atoms with Crippen molar-refractivity contribution in [2.45, 2.75) is 44.4 Å². The summed E-state index contributed by atoms with van der Waals surface area (Å²) < 4.78 is 1.81. The number of carbonyl (C=O) groups excluding carboxylic acids is 1. The predicted molar refractivity (Wildman–Crippen MR) is 94.8 cm³/mol. The standard InChI is InChI=1S/C19H24N4O2/c1-22-11-14(10-20-22)13-5-4-8-23(12-13)19(25)16-9-18(24)21-17-7-3-2-6-15(16)17/h9-11,13H,2-8,12H2,1H3,(H,21,24). The average Bonchev–Trinajstić information content (AvgIpc) is 3.07. The lowest BCUT2D eigenvalue weighted by Gasteiger charge is -2.33. The van der Waals surface area contributed by atoms with E-state index in [1.165, 1.54) is 11.6 Å². The van der Waals surface area contributed by atoms with E-state index in [0.717, 1.165) is 56.3 Å². The van der Waals surface area contributed by atoms with Crippen LogP contribution in [0.25, 0.3) is 0 Å². The van der Waals surface area contributed by atoms with Gasteiger partial charge < -0.3 is 9.88 Å². The number of H-pyrrole nitrogens is 1. The van der Waals surface area contributed by atoms with E-state index in [9.17, 15) is 9.59 Å². The van der Waals surface area contributed by atoms with E-state index in [4.69, 9.17) is 0 Å². The number of rotatable bonds is 2. The number of aromatic nitrogens is 3. The zero-order valence-electron chi connectivity index (χ0n) is 14.6. The van der Waals surface area contributed by atoms with Crippen LogP contribution in [0.4, 0.5) is 0 Å². The van der Waals surface area contributed by atoms with Gasteiger partial charge in [0.1, 0.15) is 0 Å². The molecule has 2 aliphatic rings. The third-order valence-electron chi connectivity index (χ3n) is 5.48. The molecule has 1 aliphatic heterocycles. The topological polar surface area (TPSA) is 71.0 Å². The summed E-state index contributed by atoms with van der Waals surface area (Å²) in [6, 6.07) is 1.50. The van der Waals surface area contributed by atoms with Gasteiger partial charge in [-0.3, -0.25) is 14.3 Å². The van der Waals surface area contributed by atoms with Crippen LogP contribution in [0.5, 0.6) is 0 Å². The molecule has 0 aromatic carbocycles. The monoisotopic (exact) mass is 340 g/mol. The van der Waals surface area contributed by atoms with E-state index < -0.39 is 0 Å². The van der Waals surface area contributed by atoms with Crippen LogP contribution in [0.3, 0.4) is 0 Å². The number of fused-ring (bicyclic) bond motifs is 1. The zero-order valence-corrected chi connectivity index (χ0v) is 14.6. The van der Waals surface area contributed by atoms with Gasteiger partial charge in [0.05, 0.1) is 6.20 Å². The van der Waals surface area contributed by atoms with Gasteiger partial charge >= 0.3 is 0 Å². The second-order valence-electron chi connectivity index (χ2n) is 7.25. The molecule has 1 amide bonds. The van der Waals surface area contributed by atoms with Crippen molar-refractivity contribution in [3.05, 3.63) is 51.2 Å². The van der Waals surface area contributed by atoms with Crippen molar-refractivity contribution >= 4 is 5.91 Å². The molecule has 0 spiro atoms. The van der Waals surface area contributed by atoms with Crippen molar-refractivity contribution in [3.8, 4) is 0 Å². The van der Waals surface area contributed by atoms with E-state index in [-0.39, 0.29) is 11.5 Å². The Hall–Kier alpha value is -2.37. The smallest absolute Gasteiger partial charge is 0.254 e. The molecule has 2 aromatic heterocycles. The van der Waals surface area contributed by atoms with Crippen molar-refractivity contribution < 1.29 is 4.79 Å². The number of nitrogens with zero attached hydrogens (tertiary/aromatic N) is 3. The number of likely N-dealkylation sites (tertiary alicyclic amines) is 1. The van der Waals surface area contributed by atoms with Crippen LogP contribution in [0.15, 0.2) is 23.3 Å². The molecular formula is C19H24N4O2. The highest BCUT2D eigenvalue weighted by atomic mass is 16.2. The quantitative estimate of drug-likeness (QED) is 0.909. The van der Waals surface area contributed by atoms with Crippen molar-refractivity contribution in [1.29, 1.82) is 0 Å². The molecule has 0 bridgehead atoms. The summed E-state index contributed by atoms with van der Waals surface area (Å²) >= 11 is 0. The molecule has 1 atom stereocenters. The van der Waals surface area contributed by atoms with E-state index in [1.807, 2.05) is 29.0 Å². The van der Waals surface area contributed by atoms with Crippen LogP contribution in [0.2, 0.25) is 0 Å². The Labute approximate surface area is 146 Å². The number of amides is 1. The van der Waals surface area contributed by atoms with Crippen molar-refractivity contribution in [1.82, 2.24) is 19.7 Å². The van der Waals surface area contributed by atoms with Gasteiger partial charge in [0.15, 0.2) is 0 Å². The van der Waals surface area contributed by atoms with E-state index in [2.05, 4.69) is 10.1 Å². The minimum Gasteiger partial charge on any atom is -0.338 e. The molecule has 25 heavy (non-hydrogen) atoms. The molecule has 0 saturated carbocycles. The van der Waals surface area contributed by atoms with E-state index in [1.54, 1.807) is 0 Å². The molecule has 1 saturated heterocycles. The number of aryl methyl sites for hydroxylation is 2. The van der Waals surface area contributed by atoms with Gasteiger partial charge in [-0.05, 0) is 49.7 Å². The third-order valence-corrected chi connectivity index (χ3v) is 5.48. The SMILES string of the molecule is Cn1cc(C2CCCN(C(=O)c3cc(=O)[nH]c4c3CCCC4)C2)cn1. The van der Waals surface area contributed by atoms with Crippen molar-refractivity contribution in [3.63, 3.8) is 0 Å². The molecule has 4 rings (SSSR count). The number of carbonyl (C=O) groups is 1. The Morgan fingerprint density at radius 3 is 2.92 bits per heavy atom. The number of nitrogens with one attached hydrogen (secondary N) is 1. The van der Waals surface area contributed by atoms with Gasteiger partial charge in [-0.25, -0.2) is 0 Å². The van der Waals surface area contributed by atoms with Crippen molar-refractivity contribution in [2.75, 3.05) is 13.1 Å². The van der Waals surface area contributed by atoms with Gasteiger partial charge in [-0.15, -0.1) is 0 Å². The molecule has 1 N–H and O–H groups in total. The minimum absolute atomic E-state index is 0.0119. The Morgan fingerprint density at radius 2 is 2.12 bits per heavy atom. The van der Waals surface area contributed by atoms with E-state index >= 15 is 0 Å². The summed E-state index contributed by atoms with van der Waals surface area (Å²) in [5, 5.41) is 4.26. The molecule has 1 unspecified atom stereocenters. The van der Waals surface area contributed by atoms with Gasteiger partial charge in [0, 0.05) is 49.6 Å². The van der Waals surface area contributed by atoms with Gasteiger partial charge in [0.2, 0.25) is 5.56 Å². The summed E-state index contributed by atoms with van der Waals surface area (Å²) in [6.07, 6.45) is 9.89. The van der Waals surface area contributed by atoms with Gasteiger partial charge in [0.25, 0.3) is 5.91 Å². The molecule has 0 radical (unpaired) electrons. The first-order valence-corrected chi connectivity index (χ1v) is 9.14. The van der Waals surface area contributed by atoms with Crippen LogP contribution in [0, 0.1) is 0 Å². The fraction of sp³-hybridized carbons (Fsp3) is 0.526. The third kappa shape index (κ3) is 3.13.